The fraction of sp³-hybridized carbons (Fsp3) is 0.778. The third kappa shape index (κ3) is 4.00. The highest BCUT2D eigenvalue weighted by atomic mass is 32.2. The van der Waals surface area contributed by atoms with E-state index in [4.69, 9.17) is 5.11 Å². The second kappa shape index (κ2) is 5.90. The van der Waals surface area contributed by atoms with Crippen LogP contribution in [-0.2, 0) is 9.59 Å². The molecule has 1 aliphatic heterocycles. The maximum Gasteiger partial charge on any atom is 0.305 e. The van der Waals surface area contributed by atoms with Gasteiger partial charge in [0.1, 0.15) is 0 Å². The van der Waals surface area contributed by atoms with Crippen molar-refractivity contribution in [2.75, 3.05) is 12.3 Å². The number of carbonyl (C=O) groups excluding carboxylic acids is 1. The summed E-state index contributed by atoms with van der Waals surface area (Å²) in [6, 6.07) is 0. The number of carboxylic acid groups (broad SMARTS) is 1. The zero-order chi connectivity index (χ0) is 10.4. The van der Waals surface area contributed by atoms with E-state index in [1.807, 2.05) is 0 Å². The predicted molar refractivity (Wildman–Crippen MR) is 55.4 cm³/mol. The summed E-state index contributed by atoms with van der Waals surface area (Å²) in [6.07, 6.45) is 3.21. The third-order valence-corrected chi connectivity index (χ3v) is 3.49. The van der Waals surface area contributed by atoms with Gasteiger partial charge < -0.3 is 10.4 Å². The van der Waals surface area contributed by atoms with Crippen molar-refractivity contribution in [3.63, 3.8) is 0 Å². The van der Waals surface area contributed by atoms with E-state index >= 15 is 0 Å². The number of carboxylic acids is 1. The summed E-state index contributed by atoms with van der Waals surface area (Å²) in [5.41, 5.74) is 0. The Labute approximate surface area is 87.4 Å². The lowest BCUT2D eigenvalue weighted by molar-refractivity contribution is -0.136. The molecule has 1 rings (SSSR count). The molecule has 0 radical (unpaired) electrons. The maximum absolute atomic E-state index is 11.5. The molecule has 1 fully saturated rings. The minimum absolute atomic E-state index is 0.00310. The molecule has 1 unspecified atom stereocenters. The highest BCUT2D eigenvalue weighted by molar-refractivity contribution is 8.00. The Morgan fingerprint density at radius 2 is 2.21 bits per heavy atom. The summed E-state index contributed by atoms with van der Waals surface area (Å²) >= 11 is 1.67. The van der Waals surface area contributed by atoms with Crippen LogP contribution in [0.4, 0.5) is 0 Å². The predicted octanol–water partition coefficient (Wildman–Crippen LogP) is 0.863. The van der Waals surface area contributed by atoms with Crippen molar-refractivity contribution in [3.05, 3.63) is 0 Å². The van der Waals surface area contributed by atoms with Crippen LogP contribution in [0.1, 0.15) is 25.7 Å². The first kappa shape index (κ1) is 11.4. The van der Waals surface area contributed by atoms with Crippen molar-refractivity contribution >= 4 is 23.6 Å². The Bertz CT molecular complexity index is 214. The number of carbonyl (C=O) groups is 2. The van der Waals surface area contributed by atoms with Gasteiger partial charge in [0.2, 0.25) is 5.91 Å². The maximum atomic E-state index is 11.5. The molecule has 4 nitrogen and oxygen atoms in total. The minimum Gasteiger partial charge on any atom is -0.481 e. The van der Waals surface area contributed by atoms with Crippen molar-refractivity contribution in [3.8, 4) is 0 Å². The molecule has 1 atom stereocenters. The average Bonchev–Trinajstić information content (AvgIpc) is 2.18. The van der Waals surface area contributed by atoms with Crippen LogP contribution in [0.15, 0.2) is 0 Å². The fourth-order valence-electron chi connectivity index (χ4n) is 1.35. The lowest BCUT2D eigenvalue weighted by Crippen LogP contribution is -2.35. The molecule has 0 aliphatic carbocycles. The lowest BCUT2D eigenvalue weighted by Gasteiger charge is -2.20. The number of rotatable bonds is 4. The molecule has 0 aromatic rings. The van der Waals surface area contributed by atoms with Gasteiger partial charge in [-0.25, -0.2) is 0 Å². The molecular formula is C9H15NO3S. The Hall–Kier alpha value is -0.710. The Balaban J connectivity index is 2.16. The van der Waals surface area contributed by atoms with E-state index in [0.29, 0.717) is 0 Å². The van der Waals surface area contributed by atoms with Crippen LogP contribution in [-0.4, -0.2) is 34.5 Å². The molecule has 0 bridgehead atoms. The van der Waals surface area contributed by atoms with E-state index in [9.17, 15) is 9.59 Å². The van der Waals surface area contributed by atoms with Crippen molar-refractivity contribution in [2.45, 2.75) is 30.9 Å². The number of hydrogen-bond donors (Lipinski definition) is 2. The first-order valence-electron chi connectivity index (χ1n) is 4.81. The van der Waals surface area contributed by atoms with Crippen LogP contribution in [0.25, 0.3) is 0 Å². The molecule has 1 aliphatic rings. The van der Waals surface area contributed by atoms with Gasteiger partial charge in [-0.1, -0.05) is 6.42 Å². The van der Waals surface area contributed by atoms with Crippen LogP contribution >= 0.6 is 11.8 Å². The molecule has 14 heavy (non-hydrogen) atoms. The fourth-order valence-corrected chi connectivity index (χ4v) is 2.58. The second-order valence-electron chi connectivity index (χ2n) is 3.29. The van der Waals surface area contributed by atoms with E-state index in [1.54, 1.807) is 11.8 Å². The van der Waals surface area contributed by atoms with Crippen LogP contribution in [0.3, 0.4) is 0 Å². The lowest BCUT2D eigenvalue weighted by atomic mass is 10.2. The largest absolute Gasteiger partial charge is 0.481 e. The van der Waals surface area contributed by atoms with Crippen LogP contribution in [0.2, 0.25) is 0 Å². The van der Waals surface area contributed by atoms with Gasteiger partial charge in [0.15, 0.2) is 0 Å². The second-order valence-corrected chi connectivity index (χ2v) is 4.60. The van der Waals surface area contributed by atoms with Gasteiger partial charge in [-0.15, -0.1) is 11.8 Å². The third-order valence-electron chi connectivity index (χ3n) is 2.11. The smallest absolute Gasteiger partial charge is 0.305 e. The van der Waals surface area contributed by atoms with E-state index in [2.05, 4.69) is 5.32 Å². The zero-order valence-corrected chi connectivity index (χ0v) is 8.81. The number of amides is 1. The summed E-state index contributed by atoms with van der Waals surface area (Å²) in [5.74, 6) is 0.161. The molecule has 2 N–H and O–H groups in total. The van der Waals surface area contributed by atoms with Crippen LogP contribution in [0, 0.1) is 0 Å². The normalized spacial score (nSPS) is 21.6. The summed E-state index contributed by atoms with van der Waals surface area (Å²) in [6.45, 7) is 0.241. The van der Waals surface area contributed by atoms with E-state index in [1.165, 1.54) is 6.42 Å². The molecular weight excluding hydrogens is 202 g/mol. The quantitative estimate of drug-likeness (QED) is 0.733. The molecule has 80 valence electrons. The first-order valence-corrected chi connectivity index (χ1v) is 5.86. The van der Waals surface area contributed by atoms with Gasteiger partial charge >= 0.3 is 5.97 Å². The number of hydrogen-bond acceptors (Lipinski definition) is 3. The molecule has 0 aromatic carbocycles. The highest BCUT2D eigenvalue weighted by Gasteiger charge is 2.21. The highest BCUT2D eigenvalue weighted by Crippen LogP contribution is 2.24. The van der Waals surface area contributed by atoms with Gasteiger partial charge in [0.05, 0.1) is 11.7 Å². The molecule has 1 amide bonds. The zero-order valence-electron chi connectivity index (χ0n) is 7.99. The number of thioether (sulfide) groups is 1. The van der Waals surface area contributed by atoms with Crippen molar-refractivity contribution in [1.29, 1.82) is 0 Å². The van der Waals surface area contributed by atoms with Crippen molar-refractivity contribution in [1.82, 2.24) is 5.32 Å². The first-order chi connectivity index (χ1) is 6.70. The molecule has 1 saturated heterocycles. The minimum atomic E-state index is -0.874. The van der Waals surface area contributed by atoms with E-state index in [0.717, 1.165) is 18.6 Å². The Morgan fingerprint density at radius 1 is 1.43 bits per heavy atom. The van der Waals surface area contributed by atoms with Crippen molar-refractivity contribution in [2.24, 2.45) is 0 Å². The number of nitrogens with one attached hydrogen (secondary N) is 1. The molecule has 0 spiro atoms. The standard InChI is InChI=1S/C9H15NO3S/c11-8(12)4-5-10-9(13)7-3-1-2-6-14-7/h7H,1-6H2,(H,10,13)(H,11,12). The molecule has 0 saturated carbocycles. The summed E-state index contributed by atoms with van der Waals surface area (Å²) < 4.78 is 0. The van der Waals surface area contributed by atoms with Gasteiger partial charge in [-0.3, -0.25) is 9.59 Å². The van der Waals surface area contributed by atoms with Gasteiger partial charge in [0.25, 0.3) is 0 Å². The summed E-state index contributed by atoms with van der Waals surface area (Å²) in [7, 11) is 0. The summed E-state index contributed by atoms with van der Waals surface area (Å²) in [4.78, 5) is 21.7. The SMILES string of the molecule is O=C(O)CCNC(=O)C1CCCCS1. The van der Waals surface area contributed by atoms with Gasteiger partial charge in [0, 0.05) is 6.54 Å². The van der Waals surface area contributed by atoms with E-state index in [-0.39, 0.29) is 24.1 Å². The van der Waals surface area contributed by atoms with Gasteiger partial charge in [-0.2, -0.15) is 0 Å². The molecule has 5 heteroatoms. The Morgan fingerprint density at radius 3 is 2.79 bits per heavy atom. The molecule has 1 heterocycles. The van der Waals surface area contributed by atoms with Crippen LogP contribution < -0.4 is 5.32 Å². The average molecular weight is 217 g/mol. The van der Waals surface area contributed by atoms with Gasteiger partial charge in [-0.05, 0) is 18.6 Å². The Kier molecular flexibility index (Phi) is 4.79. The summed E-state index contributed by atoms with van der Waals surface area (Å²) in [5, 5.41) is 11.1. The number of aliphatic carboxylic acids is 1. The topological polar surface area (TPSA) is 66.4 Å². The van der Waals surface area contributed by atoms with Crippen molar-refractivity contribution < 1.29 is 14.7 Å². The monoisotopic (exact) mass is 217 g/mol. The van der Waals surface area contributed by atoms with Crippen LogP contribution in [0.5, 0.6) is 0 Å². The molecule has 0 aromatic heterocycles. The van der Waals surface area contributed by atoms with E-state index < -0.39 is 5.97 Å².